The van der Waals surface area contributed by atoms with Crippen LogP contribution in [0.25, 0.3) is 10.2 Å². The maximum atomic E-state index is 12.9. The van der Waals surface area contributed by atoms with Gasteiger partial charge >= 0.3 is 0 Å². The molecule has 0 bridgehead atoms. The minimum atomic E-state index is -0.543. The molecule has 0 fully saturated rings. The summed E-state index contributed by atoms with van der Waals surface area (Å²) in [5.74, 6) is 0.417. The number of aromatic nitrogens is 1. The fourth-order valence-electron chi connectivity index (χ4n) is 3.36. The third-order valence-corrected chi connectivity index (χ3v) is 5.72. The molecule has 0 spiro atoms. The van der Waals surface area contributed by atoms with Crippen molar-refractivity contribution in [3.8, 4) is 5.75 Å². The zero-order valence-electron chi connectivity index (χ0n) is 15.1. The maximum absolute atomic E-state index is 12.9. The standard InChI is InChI=1S/C20H19N3O3S/c1-12(24)23-11-14-6-4-3-5-13(14)9-17(23)19(25)22-20-21-16-8-7-15(26-2)10-18(16)27-20/h3-8,10,17H,9,11H2,1-2H3,(H,21,22,25)/t17-/m1/s1. The summed E-state index contributed by atoms with van der Waals surface area (Å²) in [4.78, 5) is 31.1. The molecule has 2 heterocycles. The molecule has 1 aliphatic heterocycles. The summed E-state index contributed by atoms with van der Waals surface area (Å²) in [6.07, 6.45) is 0.500. The van der Waals surface area contributed by atoms with Gasteiger partial charge in [-0.15, -0.1) is 0 Å². The summed E-state index contributed by atoms with van der Waals surface area (Å²) in [5.41, 5.74) is 2.99. The topological polar surface area (TPSA) is 71.5 Å². The second kappa shape index (κ2) is 7.00. The number of nitrogens with one attached hydrogen (secondary N) is 1. The number of hydrogen-bond donors (Lipinski definition) is 1. The number of amides is 2. The number of hydrogen-bond acceptors (Lipinski definition) is 5. The van der Waals surface area contributed by atoms with Crippen LogP contribution in [-0.4, -0.2) is 34.8 Å². The summed E-state index contributed by atoms with van der Waals surface area (Å²) >= 11 is 1.39. The summed E-state index contributed by atoms with van der Waals surface area (Å²) in [6.45, 7) is 1.94. The highest BCUT2D eigenvalue weighted by Gasteiger charge is 2.33. The molecule has 2 aromatic carbocycles. The van der Waals surface area contributed by atoms with Crippen LogP contribution in [0, 0.1) is 0 Å². The van der Waals surface area contributed by atoms with E-state index in [-0.39, 0.29) is 11.8 Å². The molecule has 0 unspecified atom stereocenters. The Bertz CT molecular complexity index is 1030. The van der Waals surface area contributed by atoms with E-state index in [1.807, 2.05) is 42.5 Å². The summed E-state index contributed by atoms with van der Waals surface area (Å²) in [5, 5.41) is 3.41. The van der Waals surface area contributed by atoms with Gasteiger partial charge in [0.2, 0.25) is 11.8 Å². The van der Waals surface area contributed by atoms with Gasteiger partial charge in [0.05, 0.1) is 17.3 Å². The van der Waals surface area contributed by atoms with Crippen molar-refractivity contribution in [1.82, 2.24) is 9.88 Å². The Morgan fingerprint density at radius 2 is 2.00 bits per heavy atom. The highest BCUT2D eigenvalue weighted by Crippen LogP contribution is 2.30. The predicted molar refractivity (Wildman–Crippen MR) is 105 cm³/mol. The van der Waals surface area contributed by atoms with Crippen molar-refractivity contribution in [2.24, 2.45) is 0 Å². The van der Waals surface area contributed by atoms with Gasteiger partial charge in [0, 0.05) is 19.9 Å². The Morgan fingerprint density at radius 3 is 2.74 bits per heavy atom. The summed E-state index contributed by atoms with van der Waals surface area (Å²) < 4.78 is 6.16. The van der Waals surface area contributed by atoms with Crippen molar-refractivity contribution < 1.29 is 14.3 Å². The largest absolute Gasteiger partial charge is 0.497 e. The van der Waals surface area contributed by atoms with Gasteiger partial charge < -0.3 is 15.0 Å². The zero-order chi connectivity index (χ0) is 19.0. The van der Waals surface area contributed by atoms with Crippen LogP contribution in [0.5, 0.6) is 5.75 Å². The van der Waals surface area contributed by atoms with E-state index in [0.29, 0.717) is 18.1 Å². The van der Waals surface area contributed by atoms with Crippen LogP contribution in [-0.2, 0) is 22.6 Å². The fraction of sp³-hybridized carbons (Fsp3) is 0.250. The van der Waals surface area contributed by atoms with E-state index in [4.69, 9.17) is 4.74 Å². The van der Waals surface area contributed by atoms with Crippen molar-refractivity contribution in [3.63, 3.8) is 0 Å². The molecule has 4 rings (SSSR count). The van der Waals surface area contributed by atoms with Gasteiger partial charge in [-0.2, -0.15) is 0 Å². The van der Waals surface area contributed by atoms with Crippen molar-refractivity contribution in [2.45, 2.75) is 25.9 Å². The number of fused-ring (bicyclic) bond motifs is 2. The average Bonchev–Trinajstić information content (AvgIpc) is 3.07. The first kappa shape index (κ1) is 17.5. The molecule has 3 aromatic rings. The smallest absolute Gasteiger partial charge is 0.249 e. The predicted octanol–water partition coefficient (Wildman–Crippen LogP) is 3.22. The van der Waals surface area contributed by atoms with Crippen molar-refractivity contribution >= 4 is 38.5 Å². The molecule has 0 aliphatic carbocycles. The third-order valence-electron chi connectivity index (χ3n) is 4.78. The molecular weight excluding hydrogens is 362 g/mol. The molecule has 0 saturated carbocycles. The number of ether oxygens (including phenoxy) is 1. The Balaban J connectivity index is 1.58. The van der Waals surface area contributed by atoms with Crippen molar-refractivity contribution in [2.75, 3.05) is 12.4 Å². The molecule has 6 nitrogen and oxygen atoms in total. The van der Waals surface area contributed by atoms with Gasteiger partial charge in [0.15, 0.2) is 5.13 Å². The first-order valence-electron chi connectivity index (χ1n) is 8.64. The quantitative estimate of drug-likeness (QED) is 0.756. The Morgan fingerprint density at radius 1 is 1.22 bits per heavy atom. The van der Waals surface area contributed by atoms with E-state index in [2.05, 4.69) is 10.3 Å². The molecule has 27 heavy (non-hydrogen) atoms. The van der Waals surface area contributed by atoms with E-state index in [0.717, 1.165) is 27.1 Å². The van der Waals surface area contributed by atoms with Gasteiger partial charge in [-0.05, 0) is 29.3 Å². The highest BCUT2D eigenvalue weighted by molar-refractivity contribution is 7.22. The zero-order valence-corrected chi connectivity index (χ0v) is 15.9. The number of rotatable bonds is 3. The van der Waals surface area contributed by atoms with E-state index in [1.165, 1.54) is 18.3 Å². The number of carbonyl (C=O) groups excluding carboxylic acids is 2. The first-order valence-corrected chi connectivity index (χ1v) is 9.46. The van der Waals surface area contributed by atoms with Gasteiger partial charge in [-0.25, -0.2) is 4.98 Å². The van der Waals surface area contributed by atoms with E-state index >= 15 is 0 Å². The van der Waals surface area contributed by atoms with Crippen LogP contribution in [0.4, 0.5) is 5.13 Å². The van der Waals surface area contributed by atoms with Crippen LogP contribution >= 0.6 is 11.3 Å². The summed E-state index contributed by atoms with van der Waals surface area (Å²) in [7, 11) is 1.61. The van der Waals surface area contributed by atoms with Gasteiger partial charge in [-0.1, -0.05) is 35.6 Å². The number of nitrogens with zero attached hydrogens (tertiary/aromatic N) is 2. The SMILES string of the molecule is COc1ccc2nc(NC(=O)[C@H]3Cc4ccccc4CN3C(C)=O)sc2c1. The van der Waals surface area contributed by atoms with Crippen LogP contribution < -0.4 is 10.1 Å². The van der Waals surface area contributed by atoms with E-state index in [1.54, 1.807) is 12.0 Å². The molecule has 1 atom stereocenters. The van der Waals surface area contributed by atoms with E-state index in [9.17, 15) is 9.59 Å². The fourth-order valence-corrected chi connectivity index (χ4v) is 4.26. The molecule has 2 amide bonds. The van der Waals surface area contributed by atoms with Gasteiger partial charge in [0.1, 0.15) is 11.8 Å². The van der Waals surface area contributed by atoms with Crippen LogP contribution in [0.1, 0.15) is 18.1 Å². The lowest BCUT2D eigenvalue weighted by molar-refractivity contribution is -0.138. The number of methoxy groups -OCH3 is 1. The molecule has 1 aliphatic rings. The van der Waals surface area contributed by atoms with Crippen molar-refractivity contribution in [3.05, 3.63) is 53.6 Å². The molecule has 138 valence electrons. The Kier molecular flexibility index (Phi) is 4.53. The second-order valence-electron chi connectivity index (χ2n) is 6.48. The number of benzene rings is 2. The maximum Gasteiger partial charge on any atom is 0.249 e. The molecule has 0 radical (unpaired) electrons. The van der Waals surface area contributed by atoms with Gasteiger partial charge in [-0.3, -0.25) is 9.59 Å². The molecule has 0 saturated heterocycles. The molecular formula is C20H19N3O3S. The van der Waals surface area contributed by atoms with Crippen molar-refractivity contribution in [1.29, 1.82) is 0 Å². The monoisotopic (exact) mass is 381 g/mol. The van der Waals surface area contributed by atoms with Crippen LogP contribution in [0.15, 0.2) is 42.5 Å². The minimum Gasteiger partial charge on any atom is -0.497 e. The van der Waals surface area contributed by atoms with Gasteiger partial charge in [0.25, 0.3) is 0 Å². The van der Waals surface area contributed by atoms with Crippen LogP contribution in [0.2, 0.25) is 0 Å². The Hall–Kier alpha value is -2.93. The minimum absolute atomic E-state index is 0.112. The van der Waals surface area contributed by atoms with Crippen LogP contribution in [0.3, 0.4) is 0 Å². The lowest BCUT2D eigenvalue weighted by atomic mass is 9.93. The normalized spacial score (nSPS) is 16.1. The second-order valence-corrected chi connectivity index (χ2v) is 7.51. The third kappa shape index (κ3) is 3.38. The summed E-state index contributed by atoms with van der Waals surface area (Å²) in [6, 6.07) is 13.0. The highest BCUT2D eigenvalue weighted by atomic mass is 32.1. The average molecular weight is 381 g/mol. The lowest BCUT2D eigenvalue weighted by Crippen LogP contribution is -2.49. The lowest BCUT2D eigenvalue weighted by Gasteiger charge is -2.35. The molecule has 1 aromatic heterocycles. The Labute approximate surface area is 160 Å². The van der Waals surface area contributed by atoms with E-state index < -0.39 is 6.04 Å². The number of carbonyl (C=O) groups is 2. The molecule has 7 heteroatoms. The number of anilines is 1. The first-order chi connectivity index (χ1) is 13.0. The molecule has 1 N–H and O–H groups in total. The number of thiazole rings is 1.